The first kappa shape index (κ1) is 33.3. The van der Waals surface area contributed by atoms with Gasteiger partial charge in [-0.2, -0.15) is 0 Å². The first-order valence-corrected chi connectivity index (χ1v) is 21.0. The van der Waals surface area contributed by atoms with E-state index in [4.69, 9.17) is 0 Å². The Kier molecular flexibility index (Phi) is 7.67. The second kappa shape index (κ2) is 13.4. The van der Waals surface area contributed by atoms with Gasteiger partial charge in [-0.25, -0.2) is 0 Å². The Balaban J connectivity index is 0.983. The summed E-state index contributed by atoms with van der Waals surface area (Å²) in [6.07, 6.45) is 6.98. The summed E-state index contributed by atoms with van der Waals surface area (Å²) in [6, 6.07) is 71.7. The van der Waals surface area contributed by atoms with Crippen molar-refractivity contribution in [2.45, 2.75) is 16.1 Å². The van der Waals surface area contributed by atoms with E-state index in [9.17, 15) is 0 Å². The van der Waals surface area contributed by atoms with E-state index in [2.05, 4.69) is 217 Å². The van der Waals surface area contributed by atoms with E-state index < -0.39 is 0 Å². The molecular weight excluding hydrogens is 719 g/mol. The Morgan fingerprint density at radius 2 is 1.00 bits per heavy atom. The van der Waals surface area contributed by atoms with Gasteiger partial charge >= 0.3 is 0 Å². The minimum absolute atomic E-state index is 0.311. The topological polar surface area (TPSA) is 4.93 Å². The molecule has 0 amide bonds. The van der Waals surface area contributed by atoms with Crippen LogP contribution in [0.5, 0.6) is 0 Å². The van der Waals surface area contributed by atoms with E-state index in [1.54, 1.807) is 0 Å². The molecule has 2 aliphatic rings. The fourth-order valence-electron chi connectivity index (χ4n) is 9.83. The van der Waals surface area contributed by atoms with Crippen LogP contribution in [-0.4, -0.2) is 9.82 Å². The third-order valence-electron chi connectivity index (χ3n) is 12.4. The van der Waals surface area contributed by atoms with Crippen LogP contribution in [0.4, 0.5) is 0 Å². The SMILES string of the molecule is C1=CC(c2ccc3c(c2)c2ccccc2n3-c2ccc(-c3c4ccccc4c(-c4ccccc4-c4ccccc4)c4ccccc34)cc2)C2Sc3ccccc3C2=C1. The summed E-state index contributed by atoms with van der Waals surface area (Å²) in [6.45, 7) is 0. The smallest absolute Gasteiger partial charge is 0.0541 e. The Bertz CT molecular complexity index is 3250. The predicted molar refractivity (Wildman–Crippen MR) is 248 cm³/mol. The minimum Gasteiger partial charge on any atom is -0.309 e. The fraction of sp³-hybridized carbons (Fsp3) is 0.0357. The highest BCUT2D eigenvalue weighted by atomic mass is 32.2. The maximum atomic E-state index is 2.46. The van der Waals surface area contributed by atoms with E-state index in [1.165, 1.54) is 98.3 Å². The zero-order chi connectivity index (χ0) is 38.2. The van der Waals surface area contributed by atoms with Crippen molar-refractivity contribution >= 4 is 60.7 Å². The third-order valence-corrected chi connectivity index (χ3v) is 13.8. The summed E-state index contributed by atoms with van der Waals surface area (Å²) in [4.78, 5) is 1.39. The number of nitrogens with zero attached hydrogens (tertiary/aromatic N) is 1. The van der Waals surface area contributed by atoms with Crippen LogP contribution >= 0.6 is 11.8 Å². The lowest BCUT2D eigenvalue weighted by molar-refractivity contribution is 0.893. The second-order valence-electron chi connectivity index (χ2n) is 15.5. The van der Waals surface area contributed by atoms with Crippen molar-refractivity contribution < 1.29 is 0 Å². The van der Waals surface area contributed by atoms with E-state index >= 15 is 0 Å². The monoisotopic (exact) mass is 755 g/mol. The number of aromatic nitrogens is 1. The Morgan fingerprint density at radius 1 is 0.414 bits per heavy atom. The molecule has 0 spiro atoms. The summed E-state index contributed by atoms with van der Waals surface area (Å²) in [5.74, 6) is 0.311. The van der Waals surface area contributed by atoms with Gasteiger partial charge in [-0.05, 0) is 108 Å². The Hall–Kier alpha value is -6.87. The van der Waals surface area contributed by atoms with Crippen LogP contribution in [0.3, 0.4) is 0 Å². The van der Waals surface area contributed by atoms with Crippen LogP contribution in [0.2, 0.25) is 0 Å². The number of para-hydroxylation sites is 1. The van der Waals surface area contributed by atoms with Gasteiger partial charge in [0.2, 0.25) is 0 Å². The normalized spacial score (nSPS) is 15.9. The van der Waals surface area contributed by atoms with Crippen LogP contribution in [0.15, 0.2) is 217 Å². The van der Waals surface area contributed by atoms with Crippen LogP contribution < -0.4 is 0 Å². The van der Waals surface area contributed by atoms with Gasteiger partial charge in [0.05, 0.1) is 11.0 Å². The van der Waals surface area contributed by atoms with Crippen molar-refractivity contribution in [3.63, 3.8) is 0 Å². The van der Waals surface area contributed by atoms with Crippen molar-refractivity contribution in [1.29, 1.82) is 0 Å². The molecule has 1 aliphatic heterocycles. The zero-order valence-corrected chi connectivity index (χ0v) is 32.5. The van der Waals surface area contributed by atoms with Gasteiger partial charge in [-0.3, -0.25) is 0 Å². The molecule has 12 rings (SSSR count). The lowest BCUT2D eigenvalue weighted by atomic mass is 9.84. The number of hydrogen-bond donors (Lipinski definition) is 0. The van der Waals surface area contributed by atoms with Gasteiger partial charge in [0.15, 0.2) is 0 Å². The number of rotatable bonds is 5. The summed E-state index contributed by atoms with van der Waals surface area (Å²) in [5, 5.41) is 8.01. The standard InChI is InChI=1S/C56H37NS/c1-2-15-36(16-3-1)40-17-4-5-20-44(40)55-47-23-8-6-21-45(47)54(46-22-7-9-24-48(46)55)37-29-32-39(33-30-37)57-51-27-12-10-18-42(51)50-35-38(31-34-52(50)57)41-25-14-26-49-43-19-11-13-28-53(43)58-56(41)49/h1-35,41,56H. The number of benzene rings is 9. The minimum atomic E-state index is 0.311. The quantitative estimate of drug-likeness (QED) is 0.158. The highest BCUT2D eigenvalue weighted by Gasteiger charge is 2.35. The molecule has 58 heavy (non-hydrogen) atoms. The molecule has 272 valence electrons. The van der Waals surface area contributed by atoms with Crippen molar-refractivity contribution in [2.75, 3.05) is 0 Å². The van der Waals surface area contributed by atoms with Gasteiger partial charge in [-0.1, -0.05) is 176 Å². The van der Waals surface area contributed by atoms with Crippen LogP contribution in [0.25, 0.3) is 88.0 Å². The maximum Gasteiger partial charge on any atom is 0.0541 e. The first-order valence-electron chi connectivity index (χ1n) is 20.2. The van der Waals surface area contributed by atoms with E-state index in [0.717, 1.165) is 5.69 Å². The molecular formula is C56H37NS. The molecule has 2 heteroatoms. The molecule has 10 aromatic rings. The van der Waals surface area contributed by atoms with Crippen LogP contribution in [0, 0.1) is 0 Å². The maximum absolute atomic E-state index is 2.46. The zero-order valence-electron chi connectivity index (χ0n) is 31.7. The Labute approximate surface area is 342 Å². The second-order valence-corrected chi connectivity index (χ2v) is 16.7. The largest absolute Gasteiger partial charge is 0.309 e. The van der Waals surface area contributed by atoms with E-state index in [1.807, 2.05) is 11.8 Å². The third kappa shape index (κ3) is 5.12. The number of fused-ring (bicyclic) bond motifs is 8. The van der Waals surface area contributed by atoms with Gasteiger partial charge in [-0.15, -0.1) is 11.8 Å². The number of allylic oxidation sites excluding steroid dienone is 3. The van der Waals surface area contributed by atoms with Crippen molar-refractivity contribution in [2.24, 2.45) is 0 Å². The van der Waals surface area contributed by atoms with Gasteiger partial charge in [0.1, 0.15) is 0 Å². The van der Waals surface area contributed by atoms with Crippen LogP contribution in [-0.2, 0) is 0 Å². The molecule has 9 aromatic carbocycles. The first-order chi connectivity index (χ1) is 28.8. The average Bonchev–Trinajstić information content (AvgIpc) is 3.84. The van der Waals surface area contributed by atoms with E-state index in [-0.39, 0.29) is 0 Å². The van der Waals surface area contributed by atoms with Crippen molar-refractivity contribution in [3.8, 4) is 39.1 Å². The van der Waals surface area contributed by atoms with Gasteiger partial charge in [0.25, 0.3) is 0 Å². The molecule has 1 nitrogen and oxygen atoms in total. The molecule has 2 atom stereocenters. The highest BCUT2D eigenvalue weighted by Crippen LogP contribution is 2.53. The van der Waals surface area contributed by atoms with Crippen molar-refractivity contribution in [1.82, 2.24) is 4.57 Å². The molecule has 0 bridgehead atoms. The summed E-state index contributed by atoms with van der Waals surface area (Å²) in [5.41, 5.74) is 15.3. The fourth-order valence-corrected chi connectivity index (χ4v) is 11.3. The molecule has 0 saturated carbocycles. The summed E-state index contributed by atoms with van der Waals surface area (Å²) < 4.78 is 2.44. The van der Waals surface area contributed by atoms with E-state index in [0.29, 0.717) is 11.2 Å². The molecule has 2 unspecified atom stereocenters. The molecule has 0 N–H and O–H groups in total. The van der Waals surface area contributed by atoms with Gasteiger partial charge in [0, 0.05) is 32.5 Å². The molecule has 2 heterocycles. The van der Waals surface area contributed by atoms with Crippen molar-refractivity contribution in [3.05, 3.63) is 223 Å². The average molecular weight is 756 g/mol. The molecule has 1 aromatic heterocycles. The predicted octanol–water partition coefficient (Wildman–Crippen LogP) is 15.3. The summed E-state index contributed by atoms with van der Waals surface area (Å²) in [7, 11) is 0. The number of thioether (sulfide) groups is 1. The highest BCUT2D eigenvalue weighted by molar-refractivity contribution is 8.01. The van der Waals surface area contributed by atoms with Crippen LogP contribution in [0.1, 0.15) is 17.0 Å². The molecule has 0 saturated heterocycles. The molecule has 1 aliphatic carbocycles. The molecule has 0 radical (unpaired) electrons. The summed E-state index contributed by atoms with van der Waals surface area (Å²) >= 11 is 2.01. The number of hydrogen-bond acceptors (Lipinski definition) is 1. The lowest BCUT2D eigenvalue weighted by Crippen LogP contribution is -2.14. The molecule has 0 fully saturated rings. The lowest BCUT2D eigenvalue weighted by Gasteiger charge is -2.24. The van der Waals surface area contributed by atoms with Gasteiger partial charge < -0.3 is 4.57 Å². The Morgan fingerprint density at radius 3 is 1.74 bits per heavy atom.